The number of nitrogens with one attached hydrogen (secondary N) is 1. The van der Waals surface area contributed by atoms with Gasteiger partial charge < -0.3 is 4.98 Å². The molecule has 2 heterocycles. The monoisotopic (exact) mass is 301 g/mol. The minimum atomic E-state index is 0. The van der Waals surface area contributed by atoms with Crippen molar-refractivity contribution in [3.63, 3.8) is 0 Å². The van der Waals surface area contributed by atoms with Crippen LogP contribution in [0.3, 0.4) is 0 Å². The summed E-state index contributed by atoms with van der Waals surface area (Å²) in [5, 5.41) is 0. The molecule has 3 rings (SSSR count). The van der Waals surface area contributed by atoms with E-state index < -0.39 is 0 Å². The van der Waals surface area contributed by atoms with Gasteiger partial charge >= 0.3 is 0 Å². The summed E-state index contributed by atoms with van der Waals surface area (Å²) < 4.78 is 0. The highest BCUT2D eigenvalue weighted by Gasteiger charge is 2.14. The zero-order valence-corrected chi connectivity index (χ0v) is 12.6. The summed E-state index contributed by atoms with van der Waals surface area (Å²) in [5.41, 5.74) is 2.10. The minimum absolute atomic E-state index is 0. The largest absolute Gasteiger partial charge is 0.341 e. The first-order valence-electron chi connectivity index (χ1n) is 6.70. The Hall–Kier alpha value is -0.800. The molecule has 5 heteroatoms. The highest BCUT2D eigenvalue weighted by molar-refractivity contribution is 5.85. The van der Waals surface area contributed by atoms with Crippen LogP contribution in [0, 0.1) is 5.92 Å². The van der Waals surface area contributed by atoms with E-state index in [0.717, 1.165) is 29.2 Å². The van der Waals surface area contributed by atoms with Crippen molar-refractivity contribution in [2.75, 3.05) is 0 Å². The summed E-state index contributed by atoms with van der Waals surface area (Å²) >= 11 is 0. The lowest BCUT2D eigenvalue weighted by Gasteiger charge is -2.20. The summed E-state index contributed by atoms with van der Waals surface area (Å²) in [4.78, 5) is 12.1. The molecule has 1 saturated carbocycles. The molecule has 0 atom stereocenters. The van der Waals surface area contributed by atoms with Crippen molar-refractivity contribution in [3.05, 3.63) is 24.3 Å². The number of aryl methyl sites for hydroxylation is 1. The molecular formula is C14H21Cl2N3. The van der Waals surface area contributed by atoms with Gasteiger partial charge in [0.15, 0.2) is 0 Å². The number of aromatic nitrogens is 3. The first-order valence-corrected chi connectivity index (χ1v) is 6.70. The van der Waals surface area contributed by atoms with E-state index in [1.807, 2.05) is 12.3 Å². The Morgan fingerprint density at radius 1 is 1.16 bits per heavy atom. The topological polar surface area (TPSA) is 41.6 Å². The summed E-state index contributed by atoms with van der Waals surface area (Å²) in [5.74, 6) is 2.05. The normalized spacial score (nSPS) is 15.8. The zero-order valence-electron chi connectivity index (χ0n) is 11.0. The van der Waals surface area contributed by atoms with Crippen LogP contribution in [0.2, 0.25) is 0 Å². The molecule has 0 radical (unpaired) electrons. The molecule has 2 aromatic rings. The standard InChI is InChI=1S/C14H19N3.2ClH/c1-2-4-11(5-3-1)6-7-14-16-12-8-9-15-10-13(12)17-14;;/h8-11H,1-7H2,(H,16,17);2*1H. The van der Waals surface area contributed by atoms with Crippen molar-refractivity contribution in [1.82, 2.24) is 15.0 Å². The van der Waals surface area contributed by atoms with Crippen LogP contribution in [0.1, 0.15) is 44.3 Å². The summed E-state index contributed by atoms with van der Waals surface area (Å²) in [6.45, 7) is 0. The smallest absolute Gasteiger partial charge is 0.107 e. The molecule has 1 aliphatic rings. The third-order valence-electron chi connectivity index (χ3n) is 3.85. The third-order valence-corrected chi connectivity index (χ3v) is 3.85. The van der Waals surface area contributed by atoms with Gasteiger partial charge in [-0.25, -0.2) is 4.98 Å². The number of rotatable bonds is 3. The van der Waals surface area contributed by atoms with Crippen molar-refractivity contribution in [3.8, 4) is 0 Å². The maximum absolute atomic E-state index is 4.60. The van der Waals surface area contributed by atoms with E-state index >= 15 is 0 Å². The first-order chi connectivity index (χ1) is 8.42. The Morgan fingerprint density at radius 2 is 1.95 bits per heavy atom. The Morgan fingerprint density at radius 3 is 2.68 bits per heavy atom. The summed E-state index contributed by atoms with van der Waals surface area (Å²) in [6.07, 6.45) is 13.1. The molecule has 0 aliphatic heterocycles. The van der Waals surface area contributed by atoms with E-state index in [0.29, 0.717) is 0 Å². The lowest BCUT2D eigenvalue weighted by atomic mass is 9.86. The molecule has 0 bridgehead atoms. The minimum Gasteiger partial charge on any atom is -0.341 e. The summed E-state index contributed by atoms with van der Waals surface area (Å²) in [7, 11) is 0. The fourth-order valence-electron chi connectivity index (χ4n) is 2.84. The van der Waals surface area contributed by atoms with E-state index in [-0.39, 0.29) is 24.8 Å². The Labute approximate surface area is 126 Å². The second-order valence-electron chi connectivity index (χ2n) is 5.12. The van der Waals surface area contributed by atoms with Gasteiger partial charge in [0.2, 0.25) is 0 Å². The summed E-state index contributed by atoms with van der Waals surface area (Å²) in [6, 6.07) is 1.97. The number of nitrogens with zero attached hydrogens (tertiary/aromatic N) is 2. The molecular weight excluding hydrogens is 281 g/mol. The highest BCUT2D eigenvalue weighted by Crippen LogP contribution is 2.27. The quantitative estimate of drug-likeness (QED) is 0.917. The predicted octanol–water partition coefficient (Wildman–Crippen LogP) is 4.31. The van der Waals surface area contributed by atoms with Crippen molar-refractivity contribution in [2.45, 2.75) is 44.9 Å². The fourth-order valence-corrected chi connectivity index (χ4v) is 2.84. The molecule has 0 spiro atoms. The van der Waals surface area contributed by atoms with Gasteiger partial charge in [0, 0.05) is 12.6 Å². The van der Waals surface area contributed by atoms with Crippen LogP contribution < -0.4 is 0 Å². The van der Waals surface area contributed by atoms with Crippen LogP contribution in [0.15, 0.2) is 18.5 Å². The number of H-pyrrole nitrogens is 1. The Kier molecular flexibility index (Phi) is 6.59. The molecule has 19 heavy (non-hydrogen) atoms. The van der Waals surface area contributed by atoms with Gasteiger partial charge in [-0.15, -0.1) is 24.8 Å². The molecule has 1 N–H and O–H groups in total. The maximum atomic E-state index is 4.60. The second-order valence-corrected chi connectivity index (χ2v) is 5.12. The number of imidazole rings is 1. The third kappa shape index (κ3) is 4.08. The van der Waals surface area contributed by atoms with E-state index in [1.54, 1.807) is 6.20 Å². The molecule has 0 aromatic carbocycles. The van der Waals surface area contributed by atoms with Gasteiger partial charge in [-0.1, -0.05) is 32.1 Å². The molecule has 1 fully saturated rings. The van der Waals surface area contributed by atoms with Gasteiger partial charge in [-0.3, -0.25) is 4.98 Å². The van der Waals surface area contributed by atoms with Crippen LogP contribution in [-0.2, 0) is 6.42 Å². The van der Waals surface area contributed by atoms with Crippen molar-refractivity contribution in [2.24, 2.45) is 5.92 Å². The lowest BCUT2D eigenvalue weighted by Crippen LogP contribution is -2.07. The van der Waals surface area contributed by atoms with Crippen LogP contribution in [-0.4, -0.2) is 15.0 Å². The van der Waals surface area contributed by atoms with Crippen molar-refractivity contribution < 1.29 is 0 Å². The number of hydrogen-bond donors (Lipinski definition) is 1. The van der Waals surface area contributed by atoms with Gasteiger partial charge in [0.25, 0.3) is 0 Å². The van der Waals surface area contributed by atoms with Crippen LogP contribution in [0.5, 0.6) is 0 Å². The van der Waals surface area contributed by atoms with Gasteiger partial charge in [0.1, 0.15) is 5.82 Å². The molecule has 106 valence electrons. The van der Waals surface area contributed by atoms with E-state index in [1.165, 1.54) is 38.5 Å². The molecule has 0 amide bonds. The lowest BCUT2D eigenvalue weighted by molar-refractivity contribution is 0.337. The number of pyridine rings is 1. The predicted molar refractivity (Wildman–Crippen MR) is 83.3 cm³/mol. The SMILES string of the molecule is Cl.Cl.c1cc2nc(CCC3CCCCC3)[nH]c2cn1. The molecule has 0 saturated heterocycles. The Balaban J connectivity index is 0.000000902. The Bertz CT molecular complexity index is 459. The molecule has 2 aromatic heterocycles. The number of fused-ring (bicyclic) bond motifs is 1. The fraction of sp³-hybridized carbons (Fsp3) is 0.571. The average Bonchev–Trinajstić information content (AvgIpc) is 2.80. The molecule has 1 aliphatic carbocycles. The van der Waals surface area contributed by atoms with Gasteiger partial charge in [-0.05, 0) is 18.4 Å². The van der Waals surface area contributed by atoms with Gasteiger partial charge in [-0.2, -0.15) is 0 Å². The van der Waals surface area contributed by atoms with E-state index in [9.17, 15) is 0 Å². The number of aromatic amines is 1. The highest BCUT2D eigenvalue weighted by atomic mass is 35.5. The number of halogens is 2. The zero-order chi connectivity index (χ0) is 11.5. The number of hydrogen-bond acceptors (Lipinski definition) is 2. The van der Waals surface area contributed by atoms with E-state index in [2.05, 4.69) is 15.0 Å². The van der Waals surface area contributed by atoms with Crippen LogP contribution in [0.25, 0.3) is 11.0 Å². The molecule has 3 nitrogen and oxygen atoms in total. The first kappa shape index (κ1) is 16.3. The van der Waals surface area contributed by atoms with Gasteiger partial charge in [0.05, 0.1) is 17.2 Å². The second kappa shape index (κ2) is 7.71. The molecule has 0 unspecified atom stereocenters. The van der Waals surface area contributed by atoms with Crippen molar-refractivity contribution in [1.29, 1.82) is 0 Å². The van der Waals surface area contributed by atoms with Crippen LogP contribution in [0.4, 0.5) is 0 Å². The van der Waals surface area contributed by atoms with E-state index in [4.69, 9.17) is 0 Å². The van der Waals surface area contributed by atoms with Crippen molar-refractivity contribution >= 4 is 35.8 Å². The van der Waals surface area contributed by atoms with Crippen LogP contribution >= 0.6 is 24.8 Å². The average molecular weight is 302 g/mol. The maximum Gasteiger partial charge on any atom is 0.107 e.